The minimum atomic E-state index is -0.135. The normalized spacial score (nSPS) is 12.2. The van der Waals surface area contributed by atoms with Crippen LogP contribution in [0.2, 0.25) is 0 Å². The van der Waals surface area contributed by atoms with Crippen molar-refractivity contribution in [2.24, 2.45) is 0 Å². The maximum absolute atomic E-state index is 5.27. The molecule has 0 bridgehead atoms. The molecule has 19 heavy (non-hydrogen) atoms. The van der Waals surface area contributed by atoms with Crippen molar-refractivity contribution in [1.29, 1.82) is 0 Å². The summed E-state index contributed by atoms with van der Waals surface area (Å²) >= 11 is 0. The lowest BCUT2D eigenvalue weighted by molar-refractivity contribution is 0.383. The highest BCUT2D eigenvalue weighted by Gasteiger charge is 2.21. The van der Waals surface area contributed by atoms with Crippen LogP contribution in [0.4, 0.5) is 0 Å². The first-order chi connectivity index (χ1) is 9.17. The van der Waals surface area contributed by atoms with E-state index in [0.29, 0.717) is 5.88 Å². The summed E-state index contributed by atoms with van der Waals surface area (Å²) < 4.78 is 5.27. The molecule has 0 aromatic carbocycles. The number of rotatable bonds is 4. The van der Waals surface area contributed by atoms with Crippen LogP contribution in [0.15, 0.2) is 24.7 Å². The summed E-state index contributed by atoms with van der Waals surface area (Å²) in [6.45, 7) is 4.07. The Morgan fingerprint density at radius 3 is 2.47 bits per heavy atom. The van der Waals surface area contributed by atoms with Gasteiger partial charge in [0.2, 0.25) is 5.88 Å². The van der Waals surface area contributed by atoms with Crippen LogP contribution in [0.25, 0.3) is 0 Å². The summed E-state index contributed by atoms with van der Waals surface area (Å²) in [7, 11) is 3.47. The molecule has 1 N–H and O–H groups in total. The van der Waals surface area contributed by atoms with Crippen LogP contribution in [0.3, 0.4) is 0 Å². The monoisotopic (exact) mass is 258 g/mol. The van der Waals surface area contributed by atoms with E-state index in [1.165, 1.54) is 0 Å². The predicted molar refractivity (Wildman–Crippen MR) is 73.2 cm³/mol. The van der Waals surface area contributed by atoms with Gasteiger partial charge in [0.05, 0.1) is 18.8 Å². The van der Waals surface area contributed by atoms with Gasteiger partial charge in [-0.05, 0) is 32.0 Å². The molecule has 0 spiro atoms. The van der Waals surface area contributed by atoms with E-state index in [1.54, 1.807) is 19.5 Å². The third-order valence-corrected chi connectivity index (χ3v) is 2.98. The summed E-state index contributed by atoms with van der Waals surface area (Å²) in [5.41, 5.74) is 3.94. The van der Waals surface area contributed by atoms with Crippen molar-refractivity contribution in [2.45, 2.75) is 19.9 Å². The fourth-order valence-electron chi connectivity index (χ4n) is 2.12. The summed E-state index contributed by atoms with van der Waals surface area (Å²) in [5.74, 6) is 0.517. The summed E-state index contributed by atoms with van der Waals surface area (Å²) in [5, 5.41) is 3.22. The molecule has 0 saturated carbocycles. The molecule has 2 heterocycles. The van der Waals surface area contributed by atoms with E-state index in [-0.39, 0.29) is 6.04 Å². The summed E-state index contributed by atoms with van der Waals surface area (Å²) in [6.07, 6.45) is 5.13. The quantitative estimate of drug-likeness (QED) is 0.906. The fourth-order valence-corrected chi connectivity index (χ4v) is 2.12. The van der Waals surface area contributed by atoms with Crippen molar-refractivity contribution in [3.05, 3.63) is 47.2 Å². The van der Waals surface area contributed by atoms with E-state index in [1.807, 2.05) is 27.1 Å². The molecule has 2 rings (SSSR count). The van der Waals surface area contributed by atoms with Crippen molar-refractivity contribution in [3.63, 3.8) is 0 Å². The second-order valence-electron chi connectivity index (χ2n) is 4.39. The molecular weight excluding hydrogens is 240 g/mol. The molecule has 0 saturated heterocycles. The molecule has 0 aliphatic heterocycles. The maximum Gasteiger partial charge on any atom is 0.237 e. The third-order valence-electron chi connectivity index (χ3n) is 2.98. The highest BCUT2D eigenvalue weighted by Crippen LogP contribution is 2.26. The molecule has 1 unspecified atom stereocenters. The Labute approximate surface area is 113 Å². The Kier molecular flexibility index (Phi) is 4.06. The van der Waals surface area contributed by atoms with Crippen molar-refractivity contribution in [2.75, 3.05) is 14.2 Å². The zero-order valence-electron chi connectivity index (χ0n) is 11.6. The number of ether oxygens (including phenoxy) is 1. The van der Waals surface area contributed by atoms with Crippen molar-refractivity contribution in [3.8, 4) is 5.88 Å². The number of nitrogens with one attached hydrogen (secondary N) is 1. The first-order valence-electron chi connectivity index (χ1n) is 6.12. The zero-order valence-corrected chi connectivity index (χ0v) is 11.6. The third kappa shape index (κ3) is 2.71. The summed E-state index contributed by atoms with van der Waals surface area (Å²) in [6, 6.07) is 1.97. The van der Waals surface area contributed by atoms with Gasteiger partial charge in [-0.3, -0.25) is 9.97 Å². The van der Waals surface area contributed by atoms with E-state index in [0.717, 1.165) is 22.5 Å². The first-order valence-corrected chi connectivity index (χ1v) is 6.12. The molecule has 0 radical (unpaired) electrons. The Hall–Kier alpha value is -2.01. The molecular formula is C14H18N4O. The van der Waals surface area contributed by atoms with Crippen LogP contribution in [0, 0.1) is 13.8 Å². The molecule has 0 aliphatic rings. The van der Waals surface area contributed by atoms with Crippen LogP contribution < -0.4 is 10.1 Å². The molecule has 2 aromatic heterocycles. The van der Waals surface area contributed by atoms with E-state index >= 15 is 0 Å². The smallest absolute Gasteiger partial charge is 0.237 e. The van der Waals surface area contributed by atoms with Gasteiger partial charge in [0.25, 0.3) is 0 Å². The predicted octanol–water partition coefficient (Wildman–Crippen LogP) is 1.81. The van der Waals surface area contributed by atoms with Crippen LogP contribution in [-0.4, -0.2) is 29.1 Å². The van der Waals surface area contributed by atoms with Gasteiger partial charge in [-0.2, -0.15) is 0 Å². The average Bonchev–Trinajstić information content (AvgIpc) is 2.42. The standard InChI is InChI=1S/C14H18N4O/c1-9-7-10(2)11(18-8-9)12(15-3)13-14(19-4)17-6-5-16-13/h5-8,12,15H,1-4H3. The molecule has 5 heteroatoms. The number of aromatic nitrogens is 3. The van der Waals surface area contributed by atoms with Gasteiger partial charge in [0.1, 0.15) is 5.69 Å². The molecule has 5 nitrogen and oxygen atoms in total. The van der Waals surface area contributed by atoms with Crippen molar-refractivity contribution in [1.82, 2.24) is 20.3 Å². The molecule has 2 aromatic rings. The van der Waals surface area contributed by atoms with Gasteiger partial charge in [0.15, 0.2) is 0 Å². The number of hydrogen-bond acceptors (Lipinski definition) is 5. The lowest BCUT2D eigenvalue weighted by Crippen LogP contribution is -2.22. The SMILES string of the molecule is CNC(c1ncc(C)cc1C)c1nccnc1OC. The Bertz CT molecular complexity index is 571. The van der Waals surface area contributed by atoms with E-state index in [9.17, 15) is 0 Å². The summed E-state index contributed by atoms with van der Waals surface area (Å²) in [4.78, 5) is 13.1. The van der Waals surface area contributed by atoms with Gasteiger partial charge >= 0.3 is 0 Å². The van der Waals surface area contributed by atoms with Gasteiger partial charge in [-0.1, -0.05) is 6.07 Å². The van der Waals surface area contributed by atoms with E-state index < -0.39 is 0 Å². The van der Waals surface area contributed by atoms with Crippen molar-refractivity contribution < 1.29 is 4.74 Å². The molecule has 100 valence electrons. The van der Waals surface area contributed by atoms with Crippen LogP contribution in [0.1, 0.15) is 28.6 Å². The Morgan fingerprint density at radius 1 is 1.11 bits per heavy atom. The van der Waals surface area contributed by atoms with E-state index in [2.05, 4.69) is 26.3 Å². The van der Waals surface area contributed by atoms with Crippen LogP contribution in [0.5, 0.6) is 5.88 Å². The second-order valence-corrected chi connectivity index (χ2v) is 4.39. The average molecular weight is 258 g/mol. The largest absolute Gasteiger partial charge is 0.480 e. The minimum absolute atomic E-state index is 0.135. The molecule has 0 aliphatic carbocycles. The van der Waals surface area contributed by atoms with Crippen LogP contribution >= 0.6 is 0 Å². The zero-order chi connectivity index (χ0) is 13.8. The van der Waals surface area contributed by atoms with Gasteiger partial charge in [0, 0.05) is 18.6 Å². The molecule has 0 amide bonds. The van der Waals surface area contributed by atoms with E-state index in [4.69, 9.17) is 4.74 Å². The van der Waals surface area contributed by atoms with Gasteiger partial charge < -0.3 is 10.1 Å². The maximum atomic E-state index is 5.27. The Morgan fingerprint density at radius 2 is 1.84 bits per heavy atom. The van der Waals surface area contributed by atoms with Gasteiger partial charge in [-0.25, -0.2) is 4.98 Å². The number of aryl methyl sites for hydroxylation is 2. The minimum Gasteiger partial charge on any atom is -0.480 e. The van der Waals surface area contributed by atoms with Crippen molar-refractivity contribution >= 4 is 0 Å². The van der Waals surface area contributed by atoms with Gasteiger partial charge in [-0.15, -0.1) is 0 Å². The fraction of sp³-hybridized carbons (Fsp3) is 0.357. The van der Waals surface area contributed by atoms with Crippen LogP contribution in [-0.2, 0) is 0 Å². The number of methoxy groups -OCH3 is 1. The first kappa shape index (κ1) is 13.4. The topological polar surface area (TPSA) is 59.9 Å². The molecule has 1 atom stereocenters. The number of nitrogens with zero attached hydrogens (tertiary/aromatic N) is 3. The number of pyridine rings is 1. The lowest BCUT2D eigenvalue weighted by Gasteiger charge is -2.18. The lowest BCUT2D eigenvalue weighted by atomic mass is 10.0. The highest BCUT2D eigenvalue weighted by atomic mass is 16.5. The molecule has 0 fully saturated rings. The second kappa shape index (κ2) is 5.75. The number of hydrogen-bond donors (Lipinski definition) is 1. The Balaban J connectivity index is 2.50. The highest BCUT2D eigenvalue weighted by molar-refractivity contribution is 5.34.